The summed E-state index contributed by atoms with van der Waals surface area (Å²) in [6.45, 7) is 10.1. The highest BCUT2D eigenvalue weighted by Crippen LogP contribution is 2.25. The lowest BCUT2D eigenvalue weighted by Gasteiger charge is -2.26. The van der Waals surface area contributed by atoms with E-state index in [-0.39, 0.29) is 0 Å². The normalized spacial score (nSPS) is 15.7. The summed E-state index contributed by atoms with van der Waals surface area (Å²) in [7, 11) is 0. The molecule has 0 aliphatic carbocycles. The van der Waals surface area contributed by atoms with E-state index in [1.807, 2.05) is 0 Å². The molecule has 0 aliphatic rings. The fraction of sp³-hybridized carbons (Fsp3) is 0.588. The minimum atomic E-state index is -1.15. The predicted molar refractivity (Wildman–Crippen MR) is 83.0 cm³/mol. The number of carboxylic acid groups (broad SMARTS) is 1. The summed E-state index contributed by atoms with van der Waals surface area (Å²) in [6.07, 6.45) is 2.34. The molecule has 0 aromatic heterocycles. The number of rotatable bonds is 6. The summed E-state index contributed by atoms with van der Waals surface area (Å²) in [4.78, 5) is 11.2. The molecule has 0 spiro atoms. The topological polar surface area (TPSA) is 63.3 Å². The van der Waals surface area contributed by atoms with Crippen LogP contribution < -0.4 is 5.73 Å². The SMILES string of the molecule is CCC(Cc1cc(C)cc(C)c1C)CC(C)(N)C(=O)O. The number of carbonyl (C=O) groups is 1. The highest BCUT2D eigenvalue weighted by molar-refractivity contribution is 5.77. The zero-order chi connectivity index (χ0) is 15.5. The van der Waals surface area contributed by atoms with E-state index < -0.39 is 11.5 Å². The van der Waals surface area contributed by atoms with Crippen LogP contribution in [0.25, 0.3) is 0 Å². The molecule has 0 saturated carbocycles. The lowest BCUT2D eigenvalue weighted by Crippen LogP contribution is -2.46. The molecular weight excluding hydrogens is 250 g/mol. The average molecular weight is 277 g/mol. The van der Waals surface area contributed by atoms with Gasteiger partial charge in [0.2, 0.25) is 0 Å². The smallest absolute Gasteiger partial charge is 0.323 e. The van der Waals surface area contributed by atoms with Crippen molar-refractivity contribution in [2.75, 3.05) is 0 Å². The molecule has 0 bridgehead atoms. The van der Waals surface area contributed by atoms with E-state index in [4.69, 9.17) is 10.8 Å². The Balaban J connectivity index is 2.92. The zero-order valence-corrected chi connectivity index (χ0v) is 13.3. The van der Waals surface area contributed by atoms with E-state index in [0.29, 0.717) is 12.3 Å². The van der Waals surface area contributed by atoms with Gasteiger partial charge >= 0.3 is 5.97 Å². The third-order valence-electron chi connectivity index (χ3n) is 4.21. The molecule has 2 unspecified atom stereocenters. The van der Waals surface area contributed by atoms with E-state index in [1.54, 1.807) is 6.92 Å². The van der Waals surface area contributed by atoms with Gasteiger partial charge in [-0.1, -0.05) is 31.0 Å². The van der Waals surface area contributed by atoms with Crippen molar-refractivity contribution in [1.29, 1.82) is 0 Å². The summed E-state index contributed by atoms with van der Waals surface area (Å²) in [5.41, 5.74) is 9.92. The molecule has 0 heterocycles. The van der Waals surface area contributed by atoms with Crippen molar-refractivity contribution in [2.24, 2.45) is 11.7 Å². The minimum absolute atomic E-state index is 0.293. The molecule has 3 nitrogen and oxygen atoms in total. The zero-order valence-electron chi connectivity index (χ0n) is 13.3. The maximum atomic E-state index is 11.2. The van der Waals surface area contributed by atoms with Crippen LogP contribution >= 0.6 is 0 Å². The van der Waals surface area contributed by atoms with E-state index in [1.165, 1.54) is 22.3 Å². The van der Waals surface area contributed by atoms with Crippen molar-refractivity contribution < 1.29 is 9.90 Å². The maximum absolute atomic E-state index is 11.2. The molecule has 1 rings (SSSR count). The number of benzene rings is 1. The Hall–Kier alpha value is -1.35. The van der Waals surface area contributed by atoms with Gasteiger partial charge in [-0.15, -0.1) is 0 Å². The number of aliphatic carboxylic acids is 1. The van der Waals surface area contributed by atoms with Gasteiger partial charge in [0, 0.05) is 0 Å². The monoisotopic (exact) mass is 277 g/mol. The summed E-state index contributed by atoms with van der Waals surface area (Å²) in [5.74, 6) is -0.630. The molecule has 1 aromatic rings. The second-order valence-corrected chi connectivity index (χ2v) is 6.27. The van der Waals surface area contributed by atoms with Crippen LogP contribution in [0.15, 0.2) is 12.1 Å². The molecule has 112 valence electrons. The van der Waals surface area contributed by atoms with Gasteiger partial charge in [-0.2, -0.15) is 0 Å². The lowest BCUT2D eigenvalue weighted by molar-refractivity contribution is -0.143. The summed E-state index contributed by atoms with van der Waals surface area (Å²) >= 11 is 0. The molecule has 2 atom stereocenters. The number of hydrogen-bond donors (Lipinski definition) is 2. The summed E-state index contributed by atoms with van der Waals surface area (Å²) < 4.78 is 0. The standard InChI is InChI=1S/C17H27NO2/c1-6-14(10-17(5,18)16(19)20)9-15-8-11(2)7-12(3)13(15)4/h7-8,14H,6,9-10,18H2,1-5H3,(H,19,20). The Labute approximate surface area is 122 Å². The molecule has 0 radical (unpaired) electrons. The Morgan fingerprint density at radius 1 is 1.35 bits per heavy atom. The van der Waals surface area contributed by atoms with Gasteiger partial charge in [-0.05, 0) is 63.1 Å². The van der Waals surface area contributed by atoms with E-state index in [2.05, 4.69) is 39.8 Å². The third-order valence-corrected chi connectivity index (χ3v) is 4.21. The average Bonchev–Trinajstić information content (AvgIpc) is 2.33. The molecule has 3 N–H and O–H groups in total. The van der Waals surface area contributed by atoms with Crippen LogP contribution in [0, 0.1) is 26.7 Å². The van der Waals surface area contributed by atoms with Gasteiger partial charge in [0.15, 0.2) is 0 Å². The van der Waals surface area contributed by atoms with Crippen LogP contribution in [0.1, 0.15) is 48.9 Å². The Morgan fingerprint density at radius 3 is 2.45 bits per heavy atom. The van der Waals surface area contributed by atoms with Gasteiger partial charge in [0.1, 0.15) is 5.54 Å². The second-order valence-electron chi connectivity index (χ2n) is 6.27. The molecule has 0 saturated heterocycles. The first-order chi connectivity index (χ1) is 9.17. The number of hydrogen-bond acceptors (Lipinski definition) is 2. The van der Waals surface area contributed by atoms with Crippen LogP contribution in [0.4, 0.5) is 0 Å². The van der Waals surface area contributed by atoms with Crippen molar-refractivity contribution in [2.45, 2.75) is 59.4 Å². The van der Waals surface area contributed by atoms with Crippen molar-refractivity contribution in [3.05, 3.63) is 34.4 Å². The number of carboxylic acids is 1. The van der Waals surface area contributed by atoms with E-state index in [9.17, 15) is 4.79 Å². The van der Waals surface area contributed by atoms with Gasteiger partial charge < -0.3 is 10.8 Å². The maximum Gasteiger partial charge on any atom is 0.323 e. The van der Waals surface area contributed by atoms with Crippen LogP contribution in [-0.4, -0.2) is 16.6 Å². The first-order valence-electron chi connectivity index (χ1n) is 7.26. The number of nitrogens with two attached hydrogens (primary N) is 1. The summed E-state index contributed by atoms with van der Waals surface area (Å²) in [5, 5.41) is 9.17. The Morgan fingerprint density at radius 2 is 1.95 bits per heavy atom. The van der Waals surface area contributed by atoms with Crippen molar-refractivity contribution in [3.8, 4) is 0 Å². The van der Waals surface area contributed by atoms with Crippen LogP contribution in [0.5, 0.6) is 0 Å². The van der Waals surface area contributed by atoms with E-state index >= 15 is 0 Å². The highest BCUT2D eigenvalue weighted by Gasteiger charge is 2.31. The molecule has 0 aliphatic heterocycles. The molecule has 0 fully saturated rings. The molecular formula is C17H27NO2. The van der Waals surface area contributed by atoms with Crippen LogP contribution in [0.2, 0.25) is 0 Å². The second kappa shape index (κ2) is 6.40. The fourth-order valence-electron chi connectivity index (χ4n) is 2.70. The fourth-order valence-corrected chi connectivity index (χ4v) is 2.70. The van der Waals surface area contributed by atoms with Crippen molar-refractivity contribution in [1.82, 2.24) is 0 Å². The predicted octanol–water partition coefficient (Wildman–Crippen LogP) is 3.37. The van der Waals surface area contributed by atoms with Crippen LogP contribution in [-0.2, 0) is 11.2 Å². The molecule has 3 heteroatoms. The van der Waals surface area contributed by atoms with Crippen molar-refractivity contribution in [3.63, 3.8) is 0 Å². The third kappa shape index (κ3) is 4.07. The number of aryl methyl sites for hydroxylation is 2. The van der Waals surface area contributed by atoms with Gasteiger partial charge in [-0.3, -0.25) is 4.79 Å². The quantitative estimate of drug-likeness (QED) is 0.838. The first-order valence-corrected chi connectivity index (χ1v) is 7.26. The molecule has 0 amide bonds. The van der Waals surface area contributed by atoms with E-state index in [0.717, 1.165) is 12.8 Å². The summed E-state index contributed by atoms with van der Waals surface area (Å²) in [6, 6.07) is 4.39. The lowest BCUT2D eigenvalue weighted by atomic mass is 9.83. The van der Waals surface area contributed by atoms with Gasteiger partial charge in [-0.25, -0.2) is 0 Å². The van der Waals surface area contributed by atoms with Gasteiger partial charge in [0.25, 0.3) is 0 Å². The van der Waals surface area contributed by atoms with Crippen molar-refractivity contribution >= 4 is 5.97 Å². The minimum Gasteiger partial charge on any atom is -0.480 e. The van der Waals surface area contributed by atoms with Crippen LogP contribution in [0.3, 0.4) is 0 Å². The van der Waals surface area contributed by atoms with Gasteiger partial charge in [0.05, 0.1) is 0 Å². The molecule has 20 heavy (non-hydrogen) atoms. The highest BCUT2D eigenvalue weighted by atomic mass is 16.4. The Kier molecular flexibility index (Phi) is 5.35. The first kappa shape index (κ1) is 16.7. The Bertz CT molecular complexity index is 492. The largest absolute Gasteiger partial charge is 0.480 e. The molecule has 1 aromatic carbocycles.